The molecule has 0 spiro atoms. The lowest BCUT2D eigenvalue weighted by molar-refractivity contribution is 0.598. The quantitative estimate of drug-likeness (QED) is 0.125. The number of nitrogens with one attached hydrogen (secondary N) is 4. The fourth-order valence-electron chi connectivity index (χ4n) is 4.71. The number of benzene rings is 6. The number of para-hydroxylation sites is 6. The molecule has 0 saturated heterocycles. The van der Waals surface area contributed by atoms with Crippen molar-refractivity contribution in [1.82, 2.24) is 0 Å². The molecule has 0 heterocycles. The van der Waals surface area contributed by atoms with E-state index in [0.717, 1.165) is 45.5 Å². The summed E-state index contributed by atoms with van der Waals surface area (Å²) in [6.45, 7) is 0. The summed E-state index contributed by atoms with van der Waals surface area (Å²) in [6.07, 6.45) is 0. The molecule has 0 radical (unpaired) electrons. The first-order chi connectivity index (χ1) is 20.7. The summed E-state index contributed by atoms with van der Waals surface area (Å²) in [4.78, 5) is 0. The Balaban J connectivity index is 1.46. The Bertz CT molecular complexity index is 1650. The molecule has 6 heteroatoms. The van der Waals surface area contributed by atoms with Gasteiger partial charge in [0.15, 0.2) is 0 Å². The average Bonchev–Trinajstić information content (AvgIpc) is 3.04. The molecule has 204 valence electrons. The minimum atomic E-state index is -2.04. The van der Waals surface area contributed by atoms with E-state index in [4.69, 9.17) is 0 Å². The zero-order chi connectivity index (χ0) is 28.6. The van der Waals surface area contributed by atoms with Crippen LogP contribution in [0.5, 0.6) is 0 Å². The highest BCUT2D eigenvalue weighted by Gasteiger charge is 2.33. The summed E-state index contributed by atoms with van der Waals surface area (Å²) in [5.74, 6) is 0. The summed E-state index contributed by atoms with van der Waals surface area (Å²) >= 11 is 0. The van der Waals surface area contributed by atoms with Crippen molar-refractivity contribution < 1.29 is 4.57 Å². The second-order valence-electron chi connectivity index (χ2n) is 9.66. The zero-order valence-corrected chi connectivity index (χ0v) is 23.8. The SMILES string of the molecule is O=[P+](c1cccc(Nc2ccccc2)c1Nc1ccccc1)c1cccc(Nc2ccccc2)c1Nc1ccccc1. The van der Waals surface area contributed by atoms with Gasteiger partial charge >= 0.3 is 7.80 Å². The Morgan fingerprint density at radius 3 is 0.976 bits per heavy atom. The molecule has 0 saturated carbocycles. The maximum absolute atomic E-state index is 14.7. The van der Waals surface area contributed by atoms with Gasteiger partial charge in [0.1, 0.15) is 11.4 Å². The second kappa shape index (κ2) is 12.9. The highest BCUT2D eigenvalue weighted by Crippen LogP contribution is 2.38. The zero-order valence-electron chi connectivity index (χ0n) is 22.9. The summed E-state index contributed by atoms with van der Waals surface area (Å²) in [5, 5.41) is 15.5. The molecule has 0 fully saturated rings. The Labute approximate surface area is 247 Å². The van der Waals surface area contributed by atoms with E-state index in [-0.39, 0.29) is 0 Å². The third-order valence-electron chi connectivity index (χ3n) is 6.71. The molecule has 0 aromatic heterocycles. The molecular formula is C36H30N4OP+. The molecule has 0 bridgehead atoms. The van der Waals surface area contributed by atoms with Gasteiger partial charge in [-0.1, -0.05) is 89.5 Å². The van der Waals surface area contributed by atoms with Crippen molar-refractivity contribution in [1.29, 1.82) is 0 Å². The lowest BCUT2D eigenvalue weighted by Gasteiger charge is -2.16. The molecule has 6 aromatic rings. The molecule has 4 N–H and O–H groups in total. The van der Waals surface area contributed by atoms with Gasteiger partial charge in [0, 0.05) is 22.7 Å². The van der Waals surface area contributed by atoms with Crippen LogP contribution in [0.4, 0.5) is 45.5 Å². The van der Waals surface area contributed by atoms with E-state index in [9.17, 15) is 4.57 Å². The first-order valence-corrected chi connectivity index (χ1v) is 15.0. The molecule has 6 aromatic carbocycles. The molecule has 42 heavy (non-hydrogen) atoms. The first kappa shape index (κ1) is 26.8. The lowest BCUT2D eigenvalue weighted by atomic mass is 10.2. The fourth-order valence-corrected chi connectivity index (χ4v) is 6.17. The van der Waals surface area contributed by atoms with Crippen LogP contribution in [0, 0.1) is 0 Å². The van der Waals surface area contributed by atoms with Crippen molar-refractivity contribution in [2.45, 2.75) is 0 Å². The molecule has 0 atom stereocenters. The number of hydrogen-bond acceptors (Lipinski definition) is 5. The smallest absolute Gasteiger partial charge is 0.354 e. The van der Waals surface area contributed by atoms with Crippen LogP contribution in [-0.4, -0.2) is 0 Å². The Morgan fingerprint density at radius 2 is 0.643 bits per heavy atom. The summed E-state index contributed by atoms with van der Waals surface area (Å²) in [5.41, 5.74) is 6.91. The summed E-state index contributed by atoms with van der Waals surface area (Å²) in [7, 11) is -2.04. The Morgan fingerprint density at radius 1 is 0.333 bits per heavy atom. The summed E-state index contributed by atoms with van der Waals surface area (Å²) in [6, 6.07) is 51.6. The standard InChI is InChI=1S/C36H30N4OP/c41-42(33-25-13-23-31(37-27-15-5-1-6-16-27)35(33)39-29-19-9-3-10-20-29)34-26-14-24-32(38-28-17-7-2-8-18-28)36(34)40-30-21-11-4-12-22-30/h1-26,37-40H/q+1. The topological polar surface area (TPSA) is 65.2 Å². The van der Waals surface area contributed by atoms with Crippen LogP contribution in [0.3, 0.4) is 0 Å². The second-order valence-corrected chi connectivity index (χ2v) is 11.2. The molecule has 0 unspecified atom stereocenters. The molecule has 0 aliphatic rings. The van der Waals surface area contributed by atoms with Crippen molar-refractivity contribution in [2.24, 2.45) is 0 Å². The largest absolute Gasteiger partial charge is 0.419 e. The molecule has 0 aliphatic heterocycles. The minimum Gasteiger partial charge on any atom is -0.354 e. The normalized spacial score (nSPS) is 10.5. The minimum absolute atomic E-state index is 0.697. The van der Waals surface area contributed by atoms with Crippen LogP contribution >= 0.6 is 7.80 Å². The van der Waals surface area contributed by atoms with Crippen LogP contribution in [0.2, 0.25) is 0 Å². The summed E-state index contributed by atoms with van der Waals surface area (Å²) < 4.78 is 14.7. The molecule has 5 nitrogen and oxygen atoms in total. The average molecular weight is 566 g/mol. The third-order valence-corrected chi connectivity index (χ3v) is 8.33. The third kappa shape index (κ3) is 6.33. The Hall–Kier alpha value is -5.38. The van der Waals surface area contributed by atoms with Crippen molar-refractivity contribution in [2.75, 3.05) is 21.3 Å². The lowest BCUT2D eigenvalue weighted by Crippen LogP contribution is -2.16. The van der Waals surface area contributed by atoms with E-state index >= 15 is 0 Å². The van der Waals surface area contributed by atoms with Gasteiger partial charge in [0.2, 0.25) is 10.6 Å². The molecule has 0 aliphatic carbocycles. The molecular weight excluding hydrogens is 535 g/mol. The van der Waals surface area contributed by atoms with Crippen molar-refractivity contribution >= 4 is 63.9 Å². The van der Waals surface area contributed by atoms with Gasteiger partial charge in [-0.15, -0.1) is 0 Å². The Kier molecular flexibility index (Phi) is 8.21. The van der Waals surface area contributed by atoms with Gasteiger partial charge in [-0.25, -0.2) is 0 Å². The molecule has 0 amide bonds. The van der Waals surface area contributed by atoms with Crippen LogP contribution in [0.1, 0.15) is 0 Å². The van der Waals surface area contributed by atoms with E-state index in [1.807, 2.05) is 158 Å². The van der Waals surface area contributed by atoms with Gasteiger partial charge in [0.25, 0.3) is 0 Å². The van der Waals surface area contributed by atoms with Gasteiger partial charge < -0.3 is 21.3 Å². The van der Waals surface area contributed by atoms with Crippen LogP contribution in [0.15, 0.2) is 158 Å². The van der Waals surface area contributed by atoms with E-state index in [0.29, 0.717) is 10.6 Å². The van der Waals surface area contributed by atoms with E-state index < -0.39 is 7.80 Å². The fraction of sp³-hybridized carbons (Fsp3) is 0. The predicted octanol–water partition coefficient (Wildman–Crippen LogP) is 9.44. The maximum Gasteiger partial charge on any atom is 0.419 e. The maximum atomic E-state index is 14.7. The van der Waals surface area contributed by atoms with Gasteiger partial charge in [-0.3, -0.25) is 0 Å². The number of anilines is 8. The number of hydrogen-bond donors (Lipinski definition) is 4. The monoisotopic (exact) mass is 565 g/mol. The highest BCUT2D eigenvalue weighted by atomic mass is 31.1. The van der Waals surface area contributed by atoms with E-state index in [1.165, 1.54) is 0 Å². The van der Waals surface area contributed by atoms with Crippen molar-refractivity contribution in [3.05, 3.63) is 158 Å². The van der Waals surface area contributed by atoms with Crippen molar-refractivity contribution in [3.63, 3.8) is 0 Å². The predicted molar refractivity (Wildman–Crippen MR) is 179 cm³/mol. The van der Waals surface area contributed by atoms with Gasteiger partial charge in [-0.2, -0.15) is 0 Å². The van der Waals surface area contributed by atoms with Crippen LogP contribution in [0.25, 0.3) is 0 Å². The van der Waals surface area contributed by atoms with Gasteiger partial charge in [-0.05, 0) is 72.8 Å². The number of rotatable bonds is 10. The first-order valence-electron chi connectivity index (χ1n) is 13.8. The highest BCUT2D eigenvalue weighted by molar-refractivity contribution is 7.62. The van der Waals surface area contributed by atoms with Gasteiger partial charge in [0.05, 0.1) is 11.4 Å². The van der Waals surface area contributed by atoms with E-state index in [2.05, 4.69) is 21.3 Å². The van der Waals surface area contributed by atoms with Crippen LogP contribution in [-0.2, 0) is 4.57 Å². The van der Waals surface area contributed by atoms with Crippen LogP contribution < -0.4 is 31.9 Å². The molecule has 6 rings (SSSR count). The van der Waals surface area contributed by atoms with E-state index in [1.54, 1.807) is 0 Å². The van der Waals surface area contributed by atoms with Crippen molar-refractivity contribution in [3.8, 4) is 0 Å².